The molecule has 2 aromatic heterocycles. The Kier molecular flexibility index (Phi) is 8.89. The van der Waals surface area contributed by atoms with E-state index in [0.29, 0.717) is 56.6 Å². The van der Waals surface area contributed by atoms with E-state index >= 15 is 0 Å². The van der Waals surface area contributed by atoms with Gasteiger partial charge in [0.2, 0.25) is 5.95 Å². The highest BCUT2D eigenvalue weighted by Crippen LogP contribution is 2.41. The van der Waals surface area contributed by atoms with Gasteiger partial charge in [-0.25, -0.2) is 4.98 Å². The van der Waals surface area contributed by atoms with Crippen LogP contribution in [0.25, 0.3) is 11.0 Å². The van der Waals surface area contributed by atoms with Gasteiger partial charge in [0, 0.05) is 62.4 Å². The molecule has 4 aromatic rings. The maximum Gasteiger partial charge on any atom is 0.229 e. The van der Waals surface area contributed by atoms with E-state index in [1.54, 1.807) is 32.8 Å². The average molecular weight is 650 g/mol. The van der Waals surface area contributed by atoms with Gasteiger partial charge in [0.25, 0.3) is 0 Å². The summed E-state index contributed by atoms with van der Waals surface area (Å²) in [7, 11) is 3.25. The van der Waals surface area contributed by atoms with Crippen molar-refractivity contribution in [2.75, 3.05) is 76.2 Å². The molecular weight excluding hydrogens is 609 g/mol. The van der Waals surface area contributed by atoms with E-state index in [-0.39, 0.29) is 0 Å². The first-order chi connectivity index (χ1) is 21.5. The summed E-state index contributed by atoms with van der Waals surface area (Å²) in [5.74, 6) is 1.43. The molecule has 45 heavy (non-hydrogen) atoms. The quantitative estimate of drug-likeness (QED) is 0.229. The summed E-state index contributed by atoms with van der Waals surface area (Å²) in [6.07, 6.45) is 7.07. The van der Waals surface area contributed by atoms with Crippen molar-refractivity contribution in [3.8, 4) is 5.75 Å². The minimum absolute atomic E-state index is 0.324. The van der Waals surface area contributed by atoms with Crippen LogP contribution in [0.1, 0.15) is 18.4 Å². The molecular formula is C32H41ClN9O2P. The van der Waals surface area contributed by atoms with E-state index in [9.17, 15) is 4.57 Å². The molecule has 13 heteroatoms. The molecule has 0 bridgehead atoms. The number of benzene rings is 2. The fourth-order valence-corrected chi connectivity index (χ4v) is 7.83. The van der Waals surface area contributed by atoms with Gasteiger partial charge in [-0.1, -0.05) is 11.6 Å². The third kappa shape index (κ3) is 6.58. The number of methoxy groups -OCH3 is 1. The summed E-state index contributed by atoms with van der Waals surface area (Å²) >= 11 is 6.54. The summed E-state index contributed by atoms with van der Waals surface area (Å²) in [6, 6.07) is 9.18. The second-order valence-electron chi connectivity index (χ2n) is 12.5. The van der Waals surface area contributed by atoms with E-state index in [1.807, 2.05) is 12.1 Å². The fraction of sp³-hybridized carbons (Fsp3) is 0.438. The highest BCUT2D eigenvalue weighted by molar-refractivity contribution is 7.71. The number of hydrogen-bond acceptors (Lipinski definition) is 11. The average Bonchev–Trinajstić information content (AvgIpc) is 2.98. The van der Waals surface area contributed by atoms with Crippen molar-refractivity contribution in [3.63, 3.8) is 0 Å². The molecule has 238 valence electrons. The van der Waals surface area contributed by atoms with E-state index in [4.69, 9.17) is 16.3 Å². The first-order valence-corrected chi connectivity index (χ1v) is 18.2. The Labute approximate surface area is 269 Å². The van der Waals surface area contributed by atoms with Crippen molar-refractivity contribution < 1.29 is 9.30 Å². The summed E-state index contributed by atoms with van der Waals surface area (Å²) in [6.45, 7) is 9.93. The monoisotopic (exact) mass is 649 g/mol. The molecule has 0 saturated carbocycles. The van der Waals surface area contributed by atoms with Crippen molar-refractivity contribution in [3.05, 3.63) is 53.4 Å². The summed E-state index contributed by atoms with van der Waals surface area (Å²) in [4.78, 5) is 25.4. The molecule has 0 atom stereocenters. The molecule has 2 N–H and O–H groups in total. The van der Waals surface area contributed by atoms with Gasteiger partial charge in [0.15, 0.2) is 5.82 Å². The number of aryl methyl sites for hydroxylation is 1. The molecule has 0 radical (unpaired) electrons. The number of anilines is 5. The Balaban J connectivity index is 1.20. The third-order valence-corrected chi connectivity index (χ3v) is 10.7. The van der Waals surface area contributed by atoms with Crippen LogP contribution in [-0.2, 0) is 4.57 Å². The van der Waals surface area contributed by atoms with Crippen molar-refractivity contribution >= 4 is 63.9 Å². The van der Waals surface area contributed by atoms with Crippen LogP contribution in [0.15, 0.2) is 42.9 Å². The zero-order valence-electron chi connectivity index (χ0n) is 26.7. The van der Waals surface area contributed by atoms with Crippen LogP contribution < -0.4 is 25.6 Å². The number of fused-ring (bicyclic) bond motifs is 1. The van der Waals surface area contributed by atoms with Crippen LogP contribution >= 0.6 is 18.7 Å². The van der Waals surface area contributed by atoms with Crippen molar-refractivity contribution in [2.45, 2.75) is 31.8 Å². The molecule has 4 heterocycles. The zero-order chi connectivity index (χ0) is 31.9. The second-order valence-corrected chi connectivity index (χ2v) is 16.1. The number of nitrogens with zero attached hydrogens (tertiary/aromatic N) is 7. The summed E-state index contributed by atoms with van der Waals surface area (Å²) < 4.78 is 19.2. The molecule has 2 fully saturated rings. The molecule has 6 rings (SSSR count). The van der Waals surface area contributed by atoms with E-state index in [0.717, 1.165) is 37.2 Å². The number of nitrogens with one attached hydrogen (secondary N) is 2. The molecule has 0 amide bonds. The first kappa shape index (κ1) is 31.5. The van der Waals surface area contributed by atoms with Crippen LogP contribution in [0.5, 0.6) is 5.75 Å². The smallest absolute Gasteiger partial charge is 0.229 e. The lowest BCUT2D eigenvalue weighted by molar-refractivity contribution is 0.0188. The van der Waals surface area contributed by atoms with Gasteiger partial charge >= 0.3 is 0 Å². The Morgan fingerprint density at radius 2 is 1.76 bits per heavy atom. The topological polar surface area (TPSA) is 112 Å². The number of piperidine rings is 1. The van der Waals surface area contributed by atoms with E-state index in [1.165, 1.54) is 25.0 Å². The highest BCUT2D eigenvalue weighted by Gasteiger charge is 2.35. The lowest BCUT2D eigenvalue weighted by atomic mass is 9.96. The zero-order valence-corrected chi connectivity index (χ0v) is 28.4. The minimum Gasteiger partial charge on any atom is -0.494 e. The van der Waals surface area contributed by atoms with Gasteiger partial charge in [-0.15, -0.1) is 0 Å². The minimum atomic E-state index is -2.76. The van der Waals surface area contributed by atoms with Crippen molar-refractivity contribution in [1.82, 2.24) is 29.7 Å². The number of rotatable bonds is 9. The van der Waals surface area contributed by atoms with E-state index in [2.05, 4.69) is 78.4 Å². The van der Waals surface area contributed by atoms with E-state index < -0.39 is 7.14 Å². The molecule has 11 nitrogen and oxygen atoms in total. The highest BCUT2D eigenvalue weighted by atomic mass is 35.5. The Bertz CT molecular complexity index is 1750. The van der Waals surface area contributed by atoms with Crippen LogP contribution in [-0.4, -0.2) is 103 Å². The summed E-state index contributed by atoms with van der Waals surface area (Å²) in [5.41, 5.74) is 4.94. The van der Waals surface area contributed by atoms with Gasteiger partial charge in [0.1, 0.15) is 23.4 Å². The number of halogens is 1. The predicted molar refractivity (Wildman–Crippen MR) is 184 cm³/mol. The normalized spacial score (nSPS) is 16.7. The molecule has 2 aromatic carbocycles. The number of likely N-dealkylation sites (tertiary alicyclic amines) is 1. The maximum absolute atomic E-state index is 13.4. The number of aromatic nitrogens is 4. The fourth-order valence-electron chi connectivity index (χ4n) is 6.30. The molecule has 0 spiro atoms. The van der Waals surface area contributed by atoms with Crippen molar-refractivity contribution in [1.29, 1.82) is 0 Å². The standard InChI is InChI=1S/C32H41ClN9O2P/c1-20-15-26(28(44-4)16-27(20)41-13-9-21(10-14-41)42-18-22(19-42)40(2)3)38-32-36-17-23(33)31(39-32)37-25-8-7-24-29(35-12-11-34-24)30(25)45(5,6)43/h7-8,11-12,15-17,21-22H,9-10,13-14,18-19H2,1-6H3,(H2,36,37,38,39). The van der Waals surface area contributed by atoms with Crippen LogP contribution in [0.2, 0.25) is 5.02 Å². The molecule has 2 aliphatic rings. The second kappa shape index (κ2) is 12.7. The SMILES string of the molecule is COc1cc(N2CCC(N3CC(N(C)C)C3)CC2)c(C)cc1Nc1ncc(Cl)c(Nc2ccc3nccnc3c2P(C)(C)=O)n1. The van der Waals surface area contributed by atoms with Gasteiger partial charge in [-0.05, 0) is 71.0 Å². The van der Waals surface area contributed by atoms with Crippen LogP contribution in [0.3, 0.4) is 0 Å². The number of hydrogen-bond donors (Lipinski definition) is 2. The third-order valence-electron chi connectivity index (χ3n) is 8.86. The van der Waals surface area contributed by atoms with Gasteiger partial charge in [-0.2, -0.15) is 4.98 Å². The Hall–Kier alpha value is -3.50. The first-order valence-electron chi connectivity index (χ1n) is 15.2. The molecule has 2 aliphatic heterocycles. The number of likely N-dealkylation sites (N-methyl/N-ethyl adjacent to an activating group) is 1. The Morgan fingerprint density at radius 1 is 1.02 bits per heavy atom. The molecule has 2 saturated heterocycles. The van der Waals surface area contributed by atoms with Gasteiger partial charge in [0.05, 0.1) is 35.5 Å². The Morgan fingerprint density at radius 3 is 2.44 bits per heavy atom. The predicted octanol–water partition coefficient (Wildman–Crippen LogP) is 5.34. The van der Waals surface area contributed by atoms with Crippen LogP contribution in [0, 0.1) is 6.92 Å². The molecule has 0 unspecified atom stereocenters. The van der Waals surface area contributed by atoms with Crippen LogP contribution in [0.4, 0.5) is 28.8 Å². The molecule has 0 aliphatic carbocycles. The van der Waals surface area contributed by atoms with Gasteiger partial charge < -0.3 is 29.7 Å². The number of ether oxygens (including phenoxy) is 1. The maximum atomic E-state index is 13.4. The van der Waals surface area contributed by atoms with Gasteiger partial charge in [-0.3, -0.25) is 14.9 Å². The largest absolute Gasteiger partial charge is 0.494 e. The van der Waals surface area contributed by atoms with Crippen molar-refractivity contribution in [2.24, 2.45) is 0 Å². The lowest BCUT2D eigenvalue weighted by Crippen LogP contribution is -2.62. The lowest BCUT2D eigenvalue weighted by Gasteiger charge is -2.49. The summed E-state index contributed by atoms with van der Waals surface area (Å²) in [5, 5.41) is 7.52.